The van der Waals surface area contributed by atoms with E-state index in [4.69, 9.17) is 16.3 Å². The summed E-state index contributed by atoms with van der Waals surface area (Å²) in [5, 5.41) is 0.662. The van der Waals surface area contributed by atoms with Crippen molar-refractivity contribution in [2.45, 2.75) is 26.2 Å². The third-order valence-electron chi connectivity index (χ3n) is 5.89. The highest BCUT2D eigenvalue weighted by atomic mass is 35.5. The molecule has 0 bridgehead atoms. The number of hydrogen-bond donors (Lipinski definition) is 0. The molecule has 0 unspecified atom stereocenters. The molecule has 1 amide bonds. The zero-order valence-electron chi connectivity index (χ0n) is 17.4. The summed E-state index contributed by atoms with van der Waals surface area (Å²) in [4.78, 5) is 36.3. The highest BCUT2D eigenvalue weighted by Gasteiger charge is 2.43. The van der Waals surface area contributed by atoms with Crippen molar-refractivity contribution in [3.8, 4) is 0 Å². The number of esters is 1. The molecule has 0 saturated carbocycles. The minimum Gasteiger partial charge on any atom is -0.466 e. The van der Waals surface area contributed by atoms with Gasteiger partial charge in [0.25, 0.3) is 5.91 Å². The van der Waals surface area contributed by atoms with Gasteiger partial charge in [0.1, 0.15) is 0 Å². The Labute approximate surface area is 186 Å². The van der Waals surface area contributed by atoms with Gasteiger partial charge in [-0.05, 0) is 62.1 Å². The van der Waals surface area contributed by atoms with Gasteiger partial charge in [-0.1, -0.05) is 23.7 Å². The molecule has 0 aliphatic carbocycles. The van der Waals surface area contributed by atoms with E-state index >= 15 is 0 Å². The number of hydrogen-bond acceptors (Lipinski definition) is 5. The van der Waals surface area contributed by atoms with Crippen LogP contribution in [-0.2, 0) is 16.0 Å². The average Bonchev–Trinajstić information content (AvgIpc) is 2.80. The molecule has 4 rings (SSSR count). The number of ether oxygens (including phenoxy) is 1. The molecule has 1 aliphatic rings. The molecule has 1 aliphatic heterocycles. The van der Waals surface area contributed by atoms with E-state index < -0.39 is 5.41 Å². The summed E-state index contributed by atoms with van der Waals surface area (Å²) in [6, 6.07) is 12.9. The van der Waals surface area contributed by atoms with Gasteiger partial charge in [-0.15, -0.1) is 0 Å². The Morgan fingerprint density at radius 3 is 2.39 bits per heavy atom. The molecule has 0 N–H and O–H groups in total. The van der Waals surface area contributed by atoms with Crippen molar-refractivity contribution in [2.24, 2.45) is 5.41 Å². The lowest BCUT2D eigenvalue weighted by Crippen LogP contribution is -2.48. The molecular weight excluding hydrogens is 414 g/mol. The molecule has 0 radical (unpaired) electrons. The lowest BCUT2D eigenvalue weighted by Gasteiger charge is -2.40. The van der Waals surface area contributed by atoms with Crippen LogP contribution in [0.5, 0.6) is 0 Å². The number of amides is 1. The molecule has 160 valence electrons. The molecule has 2 heterocycles. The Morgan fingerprint density at radius 1 is 1.03 bits per heavy atom. The van der Waals surface area contributed by atoms with Gasteiger partial charge in [0, 0.05) is 36.1 Å². The number of aromatic nitrogens is 2. The second kappa shape index (κ2) is 9.02. The Bertz CT molecular complexity index is 1090. The van der Waals surface area contributed by atoms with Gasteiger partial charge in [-0.3, -0.25) is 19.6 Å². The third kappa shape index (κ3) is 4.54. The molecule has 2 aromatic carbocycles. The molecule has 1 fully saturated rings. The summed E-state index contributed by atoms with van der Waals surface area (Å²) in [5.74, 6) is -0.255. The number of carbonyl (C=O) groups excluding carboxylic acids is 2. The monoisotopic (exact) mass is 437 g/mol. The predicted molar refractivity (Wildman–Crippen MR) is 119 cm³/mol. The smallest absolute Gasteiger partial charge is 0.312 e. The summed E-state index contributed by atoms with van der Waals surface area (Å²) in [5.41, 5.74) is 2.41. The minimum absolute atomic E-state index is 0.0588. The van der Waals surface area contributed by atoms with Crippen LogP contribution in [0.1, 0.15) is 35.7 Å². The number of benzene rings is 2. The van der Waals surface area contributed by atoms with Gasteiger partial charge in [0.15, 0.2) is 0 Å². The Morgan fingerprint density at radius 2 is 1.71 bits per heavy atom. The fourth-order valence-electron chi connectivity index (χ4n) is 4.15. The van der Waals surface area contributed by atoms with Crippen molar-refractivity contribution in [2.75, 3.05) is 19.7 Å². The first-order valence-electron chi connectivity index (χ1n) is 10.4. The first-order valence-corrected chi connectivity index (χ1v) is 10.8. The van der Waals surface area contributed by atoms with E-state index in [-0.39, 0.29) is 11.9 Å². The van der Waals surface area contributed by atoms with Crippen molar-refractivity contribution in [1.29, 1.82) is 0 Å². The van der Waals surface area contributed by atoms with Crippen molar-refractivity contribution in [1.82, 2.24) is 14.9 Å². The number of carbonyl (C=O) groups is 2. The average molecular weight is 438 g/mol. The van der Waals surface area contributed by atoms with E-state index in [1.807, 2.05) is 37.3 Å². The van der Waals surface area contributed by atoms with Crippen LogP contribution in [0.25, 0.3) is 11.0 Å². The molecule has 3 aromatic rings. The maximum Gasteiger partial charge on any atom is 0.312 e. The maximum absolute atomic E-state index is 13.1. The summed E-state index contributed by atoms with van der Waals surface area (Å²) < 4.78 is 5.43. The van der Waals surface area contributed by atoms with Crippen molar-refractivity contribution >= 4 is 34.5 Å². The minimum atomic E-state index is -0.643. The molecule has 1 saturated heterocycles. The van der Waals surface area contributed by atoms with Crippen molar-refractivity contribution in [3.63, 3.8) is 0 Å². The number of rotatable bonds is 5. The van der Waals surface area contributed by atoms with Crippen LogP contribution in [0.4, 0.5) is 0 Å². The number of halogens is 1. The lowest BCUT2D eigenvalue weighted by molar-refractivity contribution is -0.158. The van der Waals surface area contributed by atoms with Gasteiger partial charge in [0.2, 0.25) is 0 Å². The number of piperidine rings is 1. The molecule has 31 heavy (non-hydrogen) atoms. The van der Waals surface area contributed by atoms with Gasteiger partial charge in [-0.2, -0.15) is 0 Å². The Kier molecular flexibility index (Phi) is 6.18. The number of fused-ring (bicyclic) bond motifs is 1. The van der Waals surface area contributed by atoms with Crippen molar-refractivity contribution in [3.05, 3.63) is 71.0 Å². The van der Waals surface area contributed by atoms with Crippen LogP contribution in [-0.4, -0.2) is 46.4 Å². The quantitative estimate of drug-likeness (QED) is 0.556. The number of likely N-dealkylation sites (tertiary alicyclic amines) is 1. The summed E-state index contributed by atoms with van der Waals surface area (Å²) in [6.45, 7) is 3.13. The van der Waals surface area contributed by atoms with E-state index in [9.17, 15) is 9.59 Å². The highest BCUT2D eigenvalue weighted by molar-refractivity contribution is 6.30. The molecular formula is C24H24ClN3O3. The Hall–Kier alpha value is -2.99. The van der Waals surface area contributed by atoms with Gasteiger partial charge in [-0.25, -0.2) is 0 Å². The van der Waals surface area contributed by atoms with Crippen LogP contribution in [0.15, 0.2) is 54.9 Å². The van der Waals surface area contributed by atoms with Crippen LogP contribution < -0.4 is 0 Å². The van der Waals surface area contributed by atoms with Gasteiger partial charge < -0.3 is 9.64 Å². The van der Waals surface area contributed by atoms with Gasteiger partial charge >= 0.3 is 5.97 Å². The summed E-state index contributed by atoms with van der Waals surface area (Å²) >= 11 is 6.01. The second-order valence-corrected chi connectivity index (χ2v) is 8.29. The largest absolute Gasteiger partial charge is 0.466 e. The fraction of sp³-hybridized carbons (Fsp3) is 0.333. The molecule has 6 nitrogen and oxygen atoms in total. The molecule has 0 atom stereocenters. The SMILES string of the molecule is CCOC(=O)C1(Cc2ccc(Cl)cc2)CCN(C(=O)c2ccc3nccnc3c2)CC1. The predicted octanol–water partition coefficient (Wildman–Crippen LogP) is 4.31. The van der Waals surface area contributed by atoms with Crippen LogP contribution >= 0.6 is 11.6 Å². The lowest BCUT2D eigenvalue weighted by atomic mass is 9.73. The van der Waals surface area contributed by atoms with Crippen molar-refractivity contribution < 1.29 is 14.3 Å². The first-order chi connectivity index (χ1) is 15.0. The van der Waals surface area contributed by atoms with E-state index in [2.05, 4.69) is 9.97 Å². The zero-order chi connectivity index (χ0) is 21.8. The normalized spacial score (nSPS) is 15.6. The maximum atomic E-state index is 13.1. The van der Waals surface area contributed by atoms with Crippen LogP contribution in [0.3, 0.4) is 0 Å². The van der Waals surface area contributed by atoms with E-state index in [0.29, 0.717) is 55.1 Å². The number of nitrogens with zero attached hydrogens (tertiary/aromatic N) is 3. The first kappa shape index (κ1) is 21.2. The Balaban J connectivity index is 1.51. The highest BCUT2D eigenvalue weighted by Crippen LogP contribution is 2.37. The standard InChI is InChI=1S/C24H24ClN3O3/c1-2-31-23(30)24(16-17-3-6-19(25)7-4-17)9-13-28(14-10-24)22(29)18-5-8-20-21(15-18)27-12-11-26-20/h3-8,11-12,15H,2,9-10,13-14,16H2,1H3. The van der Waals surface area contributed by atoms with E-state index in [0.717, 1.165) is 11.1 Å². The zero-order valence-corrected chi connectivity index (χ0v) is 18.1. The molecule has 1 aromatic heterocycles. The summed E-state index contributed by atoms with van der Waals surface area (Å²) in [6.07, 6.45) is 4.91. The molecule has 7 heteroatoms. The van der Waals surface area contributed by atoms with E-state index in [1.165, 1.54) is 0 Å². The van der Waals surface area contributed by atoms with E-state index in [1.54, 1.807) is 29.4 Å². The van der Waals surface area contributed by atoms with Crippen LogP contribution in [0, 0.1) is 5.41 Å². The van der Waals surface area contributed by atoms with Gasteiger partial charge in [0.05, 0.1) is 23.1 Å². The van der Waals surface area contributed by atoms with Crippen LogP contribution in [0.2, 0.25) is 5.02 Å². The summed E-state index contributed by atoms with van der Waals surface area (Å²) in [7, 11) is 0. The molecule has 0 spiro atoms. The topological polar surface area (TPSA) is 72.4 Å². The fourth-order valence-corrected chi connectivity index (χ4v) is 4.27. The third-order valence-corrected chi connectivity index (χ3v) is 6.14. The second-order valence-electron chi connectivity index (χ2n) is 7.86.